The molecule has 2 aromatic rings. The van der Waals surface area contributed by atoms with Crippen molar-refractivity contribution in [2.45, 2.75) is 20.4 Å². The molecule has 0 aliphatic heterocycles. The van der Waals surface area contributed by atoms with Gasteiger partial charge in [-0.05, 0) is 13.8 Å². The Kier molecular flexibility index (Phi) is 4.96. The molecular formula is C14H15N5O6. The number of nitrogens with zero attached hydrogens (tertiary/aromatic N) is 4. The van der Waals surface area contributed by atoms with Gasteiger partial charge < -0.3 is 10.1 Å². The minimum absolute atomic E-state index is 0.148. The molecule has 2 rings (SSSR count). The summed E-state index contributed by atoms with van der Waals surface area (Å²) in [5, 5.41) is 28.3. The molecule has 0 radical (unpaired) electrons. The lowest BCUT2D eigenvalue weighted by atomic mass is 10.2. The summed E-state index contributed by atoms with van der Waals surface area (Å²) in [7, 11) is 1.35. The van der Waals surface area contributed by atoms with Crippen molar-refractivity contribution < 1.29 is 19.4 Å². The topological polar surface area (TPSA) is 142 Å². The fraction of sp³-hybridized carbons (Fsp3) is 0.286. The lowest BCUT2D eigenvalue weighted by Crippen LogP contribution is -2.20. The van der Waals surface area contributed by atoms with Crippen LogP contribution in [0.2, 0.25) is 0 Å². The smallest absolute Gasteiger partial charge is 0.312 e. The van der Waals surface area contributed by atoms with Gasteiger partial charge in [0.15, 0.2) is 0 Å². The van der Waals surface area contributed by atoms with E-state index in [1.165, 1.54) is 43.8 Å². The molecule has 0 saturated heterocycles. The van der Waals surface area contributed by atoms with Gasteiger partial charge in [0, 0.05) is 12.1 Å². The minimum Gasteiger partial charge on any atom is -0.496 e. The maximum absolute atomic E-state index is 12.2. The van der Waals surface area contributed by atoms with E-state index in [4.69, 9.17) is 4.74 Å². The van der Waals surface area contributed by atoms with Gasteiger partial charge in [-0.15, -0.1) is 0 Å². The number of non-ortho nitro benzene ring substituents is 1. The number of ether oxygens (including phenoxy) is 1. The van der Waals surface area contributed by atoms with Gasteiger partial charge in [-0.3, -0.25) is 29.7 Å². The molecule has 0 saturated carbocycles. The first kappa shape index (κ1) is 17.8. The number of amides is 1. The average Bonchev–Trinajstić information content (AvgIpc) is 2.80. The summed E-state index contributed by atoms with van der Waals surface area (Å²) in [6, 6.07) is 3.83. The van der Waals surface area contributed by atoms with E-state index in [0.717, 1.165) is 0 Å². The second-order valence-corrected chi connectivity index (χ2v) is 5.16. The number of aryl methyl sites for hydroxylation is 1. The predicted octanol–water partition coefficient (Wildman–Crippen LogP) is 1.96. The van der Waals surface area contributed by atoms with Gasteiger partial charge >= 0.3 is 5.69 Å². The lowest BCUT2D eigenvalue weighted by molar-refractivity contribution is -0.386. The van der Waals surface area contributed by atoms with Gasteiger partial charge in [0.05, 0.1) is 28.7 Å². The fourth-order valence-corrected chi connectivity index (χ4v) is 2.32. The zero-order valence-electron chi connectivity index (χ0n) is 13.7. The number of hydrogen-bond donors (Lipinski definition) is 1. The number of benzene rings is 1. The Morgan fingerprint density at radius 2 is 1.92 bits per heavy atom. The number of methoxy groups -OCH3 is 1. The molecule has 132 valence electrons. The van der Waals surface area contributed by atoms with Crippen molar-refractivity contribution in [3.8, 4) is 5.75 Å². The Labute approximate surface area is 141 Å². The summed E-state index contributed by atoms with van der Waals surface area (Å²) in [5.74, 6) is -0.325. The van der Waals surface area contributed by atoms with E-state index in [2.05, 4.69) is 10.4 Å². The second kappa shape index (κ2) is 6.95. The van der Waals surface area contributed by atoms with E-state index in [-0.39, 0.29) is 40.7 Å². The number of nitrogens with one attached hydrogen (secondary N) is 1. The van der Waals surface area contributed by atoms with Crippen LogP contribution >= 0.6 is 0 Å². The predicted molar refractivity (Wildman–Crippen MR) is 86.6 cm³/mol. The van der Waals surface area contributed by atoms with Crippen LogP contribution in [0.5, 0.6) is 5.75 Å². The van der Waals surface area contributed by atoms with Crippen LogP contribution in [0.4, 0.5) is 17.1 Å². The molecule has 1 aromatic heterocycles. The van der Waals surface area contributed by atoms with Crippen molar-refractivity contribution in [2.75, 3.05) is 12.4 Å². The van der Waals surface area contributed by atoms with Crippen molar-refractivity contribution in [1.82, 2.24) is 9.78 Å². The fourth-order valence-electron chi connectivity index (χ4n) is 2.32. The Morgan fingerprint density at radius 3 is 2.44 bits per heavy atom. The molecule has 0 aliphatic carbocycles. The highest BCUT2D eigenvalue weighted by atomic mass is 16.6. The van der Waals surface area contributed by atoms with Gasteiger partial charge in [-0.25, -0.2) is 0 Å². The van der Waals surface area contributed by atoms with Gasteiger partial charge in [0.2, 0.25) is 5.91 Å². The number of carbonyl (C=O) groups is 1. The Balaban J connectivity index is 2.21. The Hall–Kier alpha value is -3.50. The molecule has 11 heteroatoms. The van der Waals surface area contributed by atoms with Gasteiger partial charge in [-0.1, -0.05) is 0 Å². The summed E-state index contributed by atoms with van der Waals surface area (Å²) in [6.07, 6.45) is 0. The molecule has 1 heterocycles. The van der Waals surface area contributed by atoms with Crippen molar-refractivity contribution >= 4 is 23.0 Å². The highest BCUT2D eigenvalue weighted by Crippen LogP contribution is 2.26. The number of aromatic nitrogens is 2. The molecule has 1 aromatic carbocycles. The van der Waals surface area contributed by atoms with E-state index in [0.29, 0.717) is 0 Å². The first-order chi connectivity index (χ1) is 11.7. The maximum atomic E-state index is 12.2. The van der Waals surface area contributed by atoms with Crippen LogP contribution < -0.4 is 10.1 Å². The maximum Gasteiger partial charge on any atom is 0.312 e. The molecule has 0 unspecified atom stereocenters. The summed E-state index contributed by atoms with van der Waals surface area (Å²) in [6.45, 7) is 2.69. The highest BCUT2D eigenvalue weighted by molar-refractivity contribution is 5.91. The van der Waals surface area contributed by atoms with Crippen molar-refractivity contribution in [3.63, 3.8) is 0 Å². The molecule has 0 bridgehead atoms. The molecule has 25 heavy (non-hydrogen) atoms. The molecule has 0 atom stereocenters. The van der Waals surface area contributed by atoms with Gasteiger partial charge in [0.1, 0.15) is 23.7 Å². The normalized spacial score (nSPS) is 10.4. The first-order valence-corrected chi connectivity index (χ1v) is 7.04. The number of anilines is 1. The molecule has 11 nitrogen and oxygen atoms in total. The van der Waals surface area contributed by atoms with Crippen molar-refractivity contribution in [3.05, 3.63) is 49.8 Å². The largest absolute Gasteiger partial charge is 0.496 e. The quantitative estimate of drug-likeness (QED) is 0.620. The van der Waals surface area contributed by atoms with Crippen LogP contribution in [0, 0.1) is 34.1 Å². The SMILES string of the molecule is COc1cc(NC(=O)Cn2nc(C)c([N+](=O)[O-])c2C)cc([N+](=O)[O-])c1. The van der Waals surface area contributed by atoms with Gasteiger partial charge in [0.25, 0.3) is 5.69 Å². The molecule has 0 spiro atoms. The van der Waals surface area contributed by atoms with E-state index < -0.39 is 15.8 Å². The van der Waals surface area contributed by atoms with Crippen LogP contribution in [0.15, 0.2) is 18.2 Å². The lowest BCUT2D eigenvalue weighted by Gasteiger charge is -2.08. The van der Waals surface area contributed by atoms with Crippen LogP contribution in [0.3, 0.4) is 0 Å². The minimum atomic E-state index is -0.609. The van der Waals surface area contributed by atoms with Gasteiger partial charge in [-0.2, -0.15) is 5.10 Å². The molecule has 0 aliphatic rings. The second-order valence-electron chi connectivity index (χ2n) is 5.16. The summed E-state index contributed by atoms with van der Waals surface area (Å²) >= 11 is 0. The third-order valence-corrected chi connectivity index (χ3v) is 3.44. The van der Waals surface area contributed by atoms with E-state index >= 15 is 0 Å². The summed E-state index contributed by atoms with van der Waals surface area (Å²) in [4.78, 5) is 32.9. The molecule has 1 amide bonds. The number of nitro benzene ring substituents is 1. The number of rotatable bonds is 6. The van der Waals surface area contributed by atoms with Crippen LogP contribution in [0.25, 0.3) is 0 Å². The zero-order chi connectivity index (χ0) is 18.7. The Bertz CT molecular complexity index is 860. The highest BCUT2D eigenvalue weighted by Gasteiger charge is 2.23. The molecule has 1 N–H and O–H groups in total. The van der Waals surface area contributed by atoms with E-state index in [1.54, 1.807) is 0 Å². The third kappa shape index (κ3) is 3.88. The van der Waals surface area contributed by atoms with Crippen LogP contribution in [-0.4, -0.2) is 32.6 Å². The van der Waals surface area contributed by atoms with E-state index in [1.807, 2.05) is 0 Å². The van der Waals surface area contributed by atoms with Crippen LogP contribution in [-0.2, 0) is 11.3 Å². The average molecular weight is 349 g/mol. The first-order valence-electron chi connectivity index (χ1n) is 7.04. The standard InChI is InChI=1S/C14H15N5O6/c1-8-14(19(23)24)9(2)17(16-8)7-13(20)15-10-4-11(18(21)22)6-12(5-10)25-3/h4-6H,7H2,1-3H3,(H,15,20). The summed E-state index contributed by atoms with van der Waals surface area (Å²) < 4.78 is 6.17. The van der Waals surface area contributed by atoms with Crippen LogP contribution in [0.1, 0.15) is 11.4 Å². The van der Waals surface area contributed by atoms with Crippen molar-refractivity contribution in [1.29, 1.82) is 0 Å². The summed E-state index contributed by atoms with van der Waals surface area (Å²) in [5.41, 5.74) is 0.231. The van der Waals surface area contributed by atoms with E-state index in [9.17, 15) is 25.0 Å². The Morgan fingerprint density at radius 1 is 1.24 bits per heavy atom. The number of hydrogen-bond acceptors (Lipinski definition) is 7. The third-order valence-electron chi connectivity index (χ3n) is 3.44. The zero-order valence-corrected chi connectivity index (χ0v) is 13.7. The number of nitro groups is 2. The van der Waals surface area contributed by atoms with Crippen molar-refractivity contribution in [2.24, 2.45) is 0 Å². The monoisotopic (exact) mass is 349 g/mol. The number of carbonyl (C=O) groups excluding carboxylic acids is 1. The molecular weight excluding hydrogens is 334 g/mol. The molecule has 0 fully saturated rings.